The summed E-state index contributed by atoms with van der Waals surface area (Å²) in [4.78, 5) is 0. The van der Waals surface area contributed by atoms with E-state index in [4.69, 9.17) is 0 Å². The van der Waals surface area contributed by atoms with Crippen LogP contribution in [0.4, 0.5) is 0 Å². The number of rotatable bonds is 13. The van der Waals surface area contributed by atoms with Crippen LogP contribution in [0.3, 0.4) is 0 Å². The highest BCUT2D eigenvalue weighted by Gasteiger charge is 2.28. The molecule has 0 amide bonds. The highest BCUT2D eigenvalue weighted by Crippen LogP contribution is 2.42. The van der Waals surface area contributed by atoms with E-state index in [0.717, 1.165) is 25.7 Å². The molecule has 0 radical (unpaired) electrons. The van der Waals surface area contributed by atoms with Crippen molar-refractivity contribution in [3.63, 3.8) is 0 Å². The van der Waals surface area contributed by atoms with Crippen molar-refractivity contribution in [2.75, 3.05) is 7.05 Å². The van der Waals surface area contributed by atoms with Gasteiger partial charge in [-0.3, -0.25) is 0 Å². The van der Waals surface area contributed by atoms with Gasteiger partial charge in [0.2, 0.25) is 0 Å². The third kappa shape index (κ3) is 13.5. The maximum absolute atomic E-state index is 4.06. The van der Waals surface area contributed by atoms with Gasteiger partial charge in [0.1, 0.15) is 0 Å². The Hall–Kier alpha value is -2.94. The maximum Gasteiger partial charge on any atom is 0.0577 e. The van der Waals surface area contributed by atoms with Crippen LogP contribution in [0.1, 0.15) is 141 Å². The molecule has 0 aromatic heterocycles. The quantitative estimate of drug-likeness (QED) is 0.191. The van der Waals surface area contributed by atoms with E-state index in [9.17, 15) is 0 Å². The van der Waals surface area contributed by atoms with Crippen LogP contribution < -0.4 is 5.32 Å². The normalized spacial score (nSPS) is 14.7. The molecule has 0 aliphatic heterocycles. The molecule has 0 bridgehead atoms. The summed E-state index contributed by atoms with van der Waals surface area (Å²) in [6, 6.07) is 28.9. The molecule has 45 heavy (non-hydrogen) atoms. The molecule has 4 rings (SSSR count). The lowest BCUT2D eigenvalue weighted by atomic mass is 9.71. The van der Waals surface area contributed by atoms with Gasteiger partial charge in [-0.15, -0.1) is 0 Å². The fourth-order valence-corrected chi connectivity index (χ4v) is 6.42. The monoisotopic (exact) mass is 614 g/mol. The van der Waals surface area contributed by atoms with E-state index in [0.29, 0.717) is 11.3 Å². The molecule has 0 saturated heterocycles. The predicted octanol–water partition coefficient (Wildman–Crippen LogP) is 12.0. The van der Waals surface area contributed by atoms with Gasteiger partial charge in [0.05, 0.1) is 6.04 Å². The Kier molecular flexibility index (Phi) is 19.4. The maximum atomic E-state index is 4.06. The molecule has 250 valence electrons. The minimum atomic E-state index is 0. The molecule has 2 nitrogen and oxygen atoms in total. The Morgan fingerprint density at radius 2 is 1.29 bits per heavy atom. The lowest BCUT2D eigenvalue weighted by molar-refractivity contribution is 0.190. The van der Waals surface area contributed by atoms with E-state index in [-0.39, 0.29) is 12.9 Å². The van der Waals surface area contributed by atoms with Crippen LogP contribution in [0, 0.1) is 5.41 Å². The molecule has 1 aliphatic rings. The zero-order valence-electron chi connectivity index (χ0n) is 29.9. The summed E-state index contributed by atoms with van der Waals surface area (Å²) in [5.41, 5.74) is 10.2. The Morgan fingerprint density at radius 3 is 1.80 bits per heavy atom. The standard InChI is InChI=1S/C25H35N.C16H22.C2H6.H2O.H2/c1-20(16-19-25(2)17-10-5-11-18-25)22-14-8-9-15-23(22)24(26-3)21-12-6-4-7-13-21;1-5-13(3)10-15-8-7-9-16(12-15)11-14(4)6-2;1-2;;/h4,6-9,12-15,20,24,26H,5,10-11,16-19H2,1-3H3;7-9,12H,3-6,10-11H2,1-2H3;1-2H3;1H2;1H. The van der Waals surface area contributed by atoms with Crippen LogP contribution in [-0.2, 0) is 12.8 Å². The zero-order chi connectivity index (χ0) is 32.4. The third-order valence-corrected chi connectivity index (χ3v) is 9.40. The number of hydrogen-bond acceptors (Lipinski definition) is 1. The molecule has 0 heterocycles. The zero-order valence-corrected chi connectivity index (χ0v) is 29.9. The van der Waals surface area contributed by atoms with Crippen LogP contribution >= 0.6 is 0 Å². The molecule has 2 unspecified atom stereocenters. The Balaban J connectivity index is 0.000000880. The van der Waals surface area contributed by atoms with Crippen molar-refractivity contribution in [2.24, 2.45) is 5.41 Å². The molecule has 1 saturated carbocycles. The smallest absolute Gasteiger partial charge is 0.0577 e. The summed E-state index contributed by atoms with van der Waals surface area (Å²) >= 11 is 0. The van der Waals surface area contributed by atoms with Gasteiger partial charge in [-0.05, 0) is 97.6 Å². The van der Waals surface area contributed by atoms with E-state index in [1.165, 1.54) is 83.9 Å². The van der Waals surface area contributed by atoms with Crippen LogP contribution in [0.25, 0.3) is 0 Å². The fraction of sp³-hybridized carbons (Fsp3) is 0.488. The Bertz CT molecular complexity index is 1210. The largest absolute Gasteiger partial charge is 0.412 e. The van der Waals surface area contributed by atoms with Crippen LogP contribution in [0.15, 0.2) is 103 Å². The van der Waals surface area contributed by atoms with Crippen LogP contribution in [0.2, 0.25) is 0 Å². The average molecular weight is 614 g/mol. The second-order valence-electron chi connectivity index (χ2n) is 13.0. The van der Waals surface area contributed by atoms with E-state index in [2.05, 4.69) is 132 Å². The first-order valence-corrected chi connectivity index (χ1v) is 17.5. The predicted molar refractivity (Wildman–Crippen MR) is 202 cm³/mol. The lowest BCUT2D eigenvalue weighted by Crippen LogP contribution is -2.22. The first kappa shape index (κ1) is 40.1. The molecule has 0 spiro atoms. The van der Waals surface area contributed by atoms with Gasteiger partial charge in [-0.2, -0.15) is 0 Å². The highest BCUT2D eigenvalue weighted by atomic mass is 16.0. The summed E-state index contributed by atoms with van der Waals surface area (Å²) in [6.45, 7) is 21.4. The van der Waals surface area contributed by atoms with Crippen LogP contribution in [-0.4, -0.2) is 12.5 Å². The number of allylic oxidation sites excluding steroid dienone is 2. The van der Waals surface area contributed by atoms with Crippen molar-refractivity contribution >= 4 is 0 Å². The molecule has 3 N–H and O–H groups in total. The molecule has 2 atom stereocenters. The van der Waals surface area contributed by atoms with Gasteiger partial charge in [0.25, 0.3) is 0 Å². The van der Waals surface area contributed by atoms with Crippen molar-refractivity contribution in [3.05, 3.63) is 131 Å². The topological polar surface area (TPSA) is 43.5 Å². The Labute approximate surface area is 279 Å². The van der Waals surface area contributed by atoms with E-state index < -0.39 is 0 Å². The Morgan fingerprint density at radius 1 is 0.778 bits per heavy atom. The minimum absolute atomic E-state index is 0. The van der Waals surface area contributed by atoms with Crippen molar-refractivity contribution in [3.8, 4) is 0 Å². The van der Waals surface area contributed by atoms with Gasteiger partial charge in [-0.25, -0.2) is 0 Å². The van der Waals surface area contributed by atoms with Gasteiger partial charge < -0.3 is 10.8 Å². The molecular weight excluding hydrogens is 546 g/mol. The fourth-order valence-electron chi connectivity index (χ4n) is 6.42. The summed E-state index contributed by atoms with van der Waals surface area (Å²) in [7, 11) is 2.07. The van der Waals surface area contributed by atoms with Crippen molar-refractivity contribution in [1.82, 2.24) is 5.32 Å². The summed E-state index contributed by atoms with van der Waals surface area (Å²) in [6.07, 6.45) is 13.9. The SMILES string of the molecule is C=C(CC)Cc1cccc(CC(=C)CC)c1.CC.CNC(c1ccccc1)c1ccccc1C(C)CCC1(C)CCCCC1.O.[HH]. The molecule has 2 heteroatoms. The van der Waals surface area contributed by atoms with Crippen molar-refractivity contribution < 1.29 is 6.90 Å². The van der Waals surface area contributed by atoms with Crippen LogP contribution in [0.5, 0.6) is 0 Å². The first-order valence-electron chi connectivity index (χ1n) is 17.5. The van der Waals surface area contributed by atoms with Gasteiger partial charge in [-0.1, -0.05) is 164 Å². The summed E-state index contributed by atoms with van der Waals surface area (Å²) in [5.74, 6) is 0.601. The molecular formula is C43H67NO. The van der Waals surface area contributed by atoms with E-state index in [1.807, 2.05) is 13.8 Å². The minimum Gasteiger partial charge on any atom is -0.412 e. The second-order valence-corrected chi connectivity index (χ2v) is 13.0. The molecule has 3 aromatic carbocycles. The highest BCUT2D eigenvalue weighted by molar-refractivity contribution is 5.39. The molecule has 1 fully saturated rings. The average Bonchev–Trinajstić information content (AvgIpc) is 3.06. The number of nitrogens with one attached hydrogen (secondary N) is 1. The summed E-state index contributed by atoms with van der Waals surface area (Å²) in [5, 5.41) is 3.54. The third-order valence-electron chi connectivity index (χ3n) is 9.40. The van der Waals surface area contributed by atoms with Gasteiger partial charge >= 0.3 is 0 Å². The van der Waals surface area contributed by atoms with Gasteiger partial charge in [0, 0.05) is 1.43 Å². The van der Waals surface area contributed by atoms with Crippen molar-refractivity contribution in [1.29, 1.82) is 0 Å². The van der Waals surface area contributed by atoms with E-state index in [1.54, 1.807) is 0 Å². The number of hydrogen-bond donors (Lipinski definition) is 1. The first-order chi connectivity index (χ1) is 21.3. The van der Waals surface area contributed by atoms with Crippen molar-refractivity contribution in [2.45, 2.75) is 124 Å². The lowest BCUT2D eigenvalue weighted by Gasteiger charge is -2.35. The second kappa shape index (κ2) is 21.7. The summed E-state index contributed by atoms with van der Waals surface area (Å²) < 4.78 is 0. The number of benzene rings is 3. The van der Waals surface area contributed by atoms with Gasteiger partial charge in [0.15, 0.2) is 0 Å². The molecule has 1 aliphatic carbocycles. The molecule has 3 aromatic rings. The van der Waals surface area contributed by atoms with E-state index >= 15 is 0 Å².